The fourth-order valence-electron chi connectivity index (χ4n) is 3.26. The van der Waals surface area contributed by atoms with E-state index in [1.807, 2.05) is 30.3 Å². The number of carboxylic acids is 1. The maximum atomic E-state index is 12.5. The molecule has 0 atom stereocenters. The number of carboxylic acid groups (broad SMARTS) is 1. The Morgan fingerprint density at radius 3 is 2.38 bits per heavy atom. The molecule has 0 aliphatic carbocycles. The fraction of sp³-hybridized carbons (Fsp3) is 0.316. The molecule has 1 saturated heterocycles. The van der Waals surface area contributed by atoms with Crippen molar-refractivity contribution in [1.29, 1.82) is 0 Å². The lowest BCUT2D eigenvalue weighted by atomic mass is 9.73. The third-order valence-electron chi connectivity index (χ3n) is 4.76. The van der Waals surface area contributed by atoms with Gasteiger partial charge in [-0.1, -0.05) is 30.3 Å². The predicted molar refractivity (Wildman–Crippen MR) is 89.6 cm³/mol. The zero-order valence-electron chi connectivity index (χ0n) is 13.4. The Morgan fingerprint density at radius 2 is 1.79 bits per heavy atom. The molecule has 0 radical (unpaired) electrons. The molecule has 1 aliphatic rings. The van der Waals surface area contributed by atoms with Gasteiger partial charge in [0, 0.05) is 25.5 Å². The molecular formula is C19H20N2O3. The summed E-state index contributed by atoms with van der Waals surface area (Å²) < 4.78 is 0. The van der Waals surface area contributed by atoms with Gasteiger partial charge in [0.25, 0.3) is 5.91 Å². The summed E-state index contributed by atoms with van der Waals surface area (Å²) in [5.74, 6) is -0.860. The zero-order valence-corrected chi connectivity index (χ0v) is 13.4. The summed E-state index contributed by atoms with van der Waals surface area (Å²) in [6.45, 7) is 0.903. The largest absolute Gasteiger partial charge is 0.481 e. The predicted octanol–water partition coefficient (Wildman–Crippen LogP) is 2.63. The van der Waals surface area contributed by atoms with Gasteiger partial charge >= 0.3 is 5.97 Å². The first-order valence-corrected chi connectivity index (χ1v) is 8.07. The Morgan fingerprint density at radius 1 is 1.08 bits per heavy atom. The van der Waals surface area contributed by atoms with Crippen LogP contribution < -0.4 is 0 Å². The summed E-state index contributed by atoms with van der Waals surface area (Å²) in [6, 6.07) is 13.1. The highest BCUT2D eigenvalue weighted by atomic mass is 16.4. The zero-order chi connectivity index (χ0) is 17.0. The topological polar surface area (TPSA) is 70.5 Å². The van der Waals surface area contributed by atoms with Gasteiger partial charge in [-0.25, -0.2) is 0 Å². The van der Waals surface area contributed by atoms with E-state index >= 15 is 0 Å². The molecule has 1 aliphatic heterocycles. The van der Waals surface area contributed by atoms with E-state index in [1.54, 1.807) is 29.4 Å². The van der Waals surface area contributed by atoms with Gasteiger partial charge in [0.15, 0.2) is 0 Å². The van der Waals surface area contributed by atoms with E-state index in [-0.39, 0.29) is 5.91 Å². The molecule has 5 heteroatoms. The summed E-state index contributed by atoms with van der Waals surface area (Å²) in [7, 11) is 0. The van der Waals surface area contributed by atoms with Crippen LogP contribution in [-0.2, 0) is 11.2 Å². The number of aliphatic carboxylic acids is 1. The van der Waals surface area contributed by atoms with E-state index in [9.17, 15) is 14.7 Å². The van der Waals surface area contributed by atoms with Crippen LogP contribution in [-0.4, -0.2) is 40.0 Å². The molecular weight excluding hydrogens is 304 g/mol. The van der Waals surface area contributed by atoms with Gasteiger partial charge in [0.05, 0.1) is 11.0 Å². The van der Waals surface area contributed by atoms with Gasteiger partial charge in [-0.3, -0.25) is 14.6 Å². The second-order valence-corrected chi connectivity index (χ2v) is 6.28. The van der Waals surface area contributed by atoms with E-state index in [1.165, 1.54) is 0 Å². The second kappa shape index (κ2) is 6.83. The minimum absolute atomic E-state index is 0.0817. The number of carbonyl (C=O) groups excluding carboxylic acids is 1. The Bertz CT molecular complexity index is 708. The molecule has 2 aromatic rings. The first kappa shape index (κ1) is 16.2. The van der Waals surface area contributed by atoms with Crippen molar-refractivity contribution in [2.45, 2.75) is 19.3 Å². The third-order valence-corrected chi connectivity index (χ3v) is 4.76. The van der Waals surface area contributed by atoms with Gasteiger partial charge in [0.1, 0.15) is 0 Å². The van der Waals surface area contributed by atoms with Crippen molar-refractivity contribution in [3.05, 3.63) is 66.0 Å². The van der Waals surface area contributed by atoms with Crippen molar-refractivity contribution in [1.82, 2.24) is 9.88 Å². The van der Waals surface area contributed by atoms with Gasteiger partial charge < -0.3 is 10.0 Å². The number of hydrogen-bond acceptors (Lipinski definition) is 3. The fourth-order valence-corrected chi connectivity index (χ4v) is 3.26. The van der Waals surface area contributed by atoms with Crippen molar-refractivity contribution in [3.63, 3.8) is 0 Å². The standard InChI is InChI=1S/C19H20N2O3/c22-17(16-7-4-10-20-14-16)21-11-8-19(9-12-21,18(23)24)13-15-5-2-1-3-6-15/h1-7,10,14H,8-9,11-13H2,(H,23,24). The average Bonchev–Trinajstić information content (AvgIpc) is 2.63. The second-order valence-electron chi connectivity index (χ2n) is 6.28. The number of piperidine rings is 1. The highest BCUT2D eigenvalue weighted by Crippen LogP contribution is 2.36. The molecule has 24 heavy (non-hydrogen) atoms. The number of carbonyl (C=O) groups is 2. The number of aromatic nitrogens is 1. The normalized spacial score (nSPS) is 16.6. The lowest BCUT2D eigenvalue weighted by Crippen LogP contribution is -2.47. The Labute approximate surface area is 140 Å². The Hall–Kier alpha value is -2.69. The van der Waals surface area contributed by atoms with E-state index < -0.39 is 11.4 Å². The van der Waals surface area contributed by atoms with Crippen LogP contribution in [0, 0.1) is 5.41 Å². The Kier molecular flexibility index (Phi) is 4.60. The maximum Gasteiger partial charge on any atom is 0.310 e. The maximum absolute atomic E-state index is 12.5. The number of likely N-dealkylation sites (tertiary alicyclic amines) is 1. The molecule has 5 nitrogen and oxygen atoms in total. The van der Waals surface area contributed by atoms with E-state index in [0.717, 1.165) is 5.56 Å². The van der Waals surface area contributed by atoms with Crippen molar-refractivity contribution in [2.75, 3.05) is 13.1 Å². The number of hydrogen-bond donors (Lipinski definition) is 1. The highest BCUT2D eigenvalue weighted by molar-refractivity contribution is 5.94. The monoisotopic (exact) mass is 324 g/mol. The van der Waals surface area contributed by atoms with Gasteiger partial charge in [-0.05, 0) is 37.0 Å². The van der Waals surface area contributed by atoms with Crippen molar-refractivity contribution in [2.24, 2.45) is 5.41 Å². The summed E-state index contributed by atoms with van der Waals surface area (Å²) in [5, 5.41) is 9.78. The molecule has 1 N–H and O–H groups in total. The molecule has 0 bridgehead atoms. The third kappa shape index (κ3) is 3.30. The SMILES string of the molecule is O=C(c1cccnc1)N1CCC(Cc2ccccc2)(C(=O)O)CC1. The minimum atomic E-state index is -0.799. The summed E-state index contributed by atoms with van der Waals surface area (Å²) in [4.78, 5) is 30.1. The van der Waals surface area contributed by atoms with Crippen LogP contribution in [0.15, 0.2) is 54.9 Å². The van der Waals surface area contributed by atoms with Crippen molar-refractivity contribution in [3.8, 4) is 0 Å². The quantitative estimate of drug-likeness (QED) is 0.938. The van der Waals surface area contributed by atoms with Crippen LogP contribution in [0.4, 0.5) is 0 Å². The summed E-state index contributed by atoms with van der Waals surface area (Å²) in [6.07, 6.45) is 4.60. The van der Waals surface area contributed by atoms with Gasteiger partial charge in [-0.2, -0.15) is 0 Å². The van der Waals surface area contributed by atoms with Crippen molar-refractivity contribution < 1.29 is 14.7 Å². The van der Waals surface area contributed by atoms with Gasteiger partial charge in [0.2, 0.25) is 0 Å². The number of benzene rings is 1. The molecule has 1 amide bonds. The highest BCUT2D eigenvalue weighted by Gasteiger charge is 2.42. The molecule has 1 aromatic heterocycles. The lowest BCUT2D eigenvalue weighted by molar-refractivity contribution is -0.151. The smallest absolute Gasteiger partial charge is 0.310 e. The average molecular weight is 324 g/mol. The molecule has 0 unspecified atom stereocenters. The first-order valence-electron chi connectivity index (χ1n) is 8.07. The number of pyridine rings is 1. The number of rotatable bonds is 4. The van der Waals surface area contributed by atoms with Crippen LogP contribution in [0.1, 0.15) is 28.8 Å². The number of nitrogens with zero attached hydrogens (tertiary/aromatic N) is 2. The van der Waals surface area contributed by atoms with E-state index in [2.05, 4.69) is 4.98 Å². The van der Waals surface area contributed by atoms with Crippen LogP contribution in [0.2, 0.25) is 0 Å². The molecule has 1 fully saturated rings. The molecule has 1 aromatic carbocycles. The van der Waals surface area contributed by atoms with Gasteiger partial charge in [-0.15, -0.1) is 0 Å². The van der Waals surface area contributed by atoms with Crippen LogP contribution in [0.5, 0.6) is 0 Å². The van der Waals surface area contributed by atoms with Crippen LogP contribution >= 0.6 is 0 Å². The van der Waals surface area contributed by atoms with E-state index in [0.29, 0.717) is 37.9 Å². The van der Waals surface area contributed by atoms with Crippen LogP contribution in [0.25, 0.3) is 0 Å². The van der Waals surface area contributed by atoms with Crippen molar-refractivity contribution >= 4 is 11.9 Å². The lowest BCUT2D eigenvalue weighted by Gasteiger charge is -2.39. The molecule has 2 heterocycles. The molecule has 3 rings (SSSR count). The summed E-state index contributed by atoms with van der Waals surface area (Å²) in [5.41, 5.74) is 0.767. The van der Waals surface area contributed by atoms with E-state index in [4.69, 9.17) is 0 Å². The van der Waals surface area contributed by atoms with Crippen LogP contribution in [0.3, 0.4) is 0 Å². The molecule has 0 saturated carbocycles. The minimum Gasteiger partial charge on any atom is -0.481 e. The number of amides is 1. The molecule has 0 spiro atoms. The molecule has 124 valence electrons. The first-order chi connectivity index (χ1) is 11.6. The summed E-state index contributed by atoms with van der Waals surface area (Å²) >= 11 is 0. The Balaban J connectivity index is 1.71.